The van der Waals surface area contributed by atoms with E-state index in [0.717, 1.165) is 5.56 Å². The lowest BCUT2D eigenvalue weighted by Crippen LogP contribution is -1.94. The van der Waals surface area contributed by atoms with Crippen LogP contribution in [0.4, 0.5) is 5.69 Å². The molecule has 0 aliphatic rings. The minimum absolute atomic E-state index is 0.0843. The van der Waals surface area contributed by atoms with Crippen molar-refractivity contribution >= 4 is 5.69 Å². The first kappa shape index (κ1) is 14.3. The molecular weight excluding hydrogens is 272 g/mol. The van der Waals surface area contributed by atoms with Gasteiger partial charge in [-0.25, -0.2) is 0 Å². The van der Waals surface area contributed by atoms with Crippen LogP contribution in [0.5, 0.6) is 17.2 Å². The van der Waals surface area contributed by atoms with Crippen LogP contribution in [0.25, 0.3) is 0 Å². The normalized spacial score (nSPS) is 9.71. The maximum Gasteiger partial charge on any atom is 0.273 e. The zero-order valence-corrected chi connectivity index (χ0v) is 11.3. The van der Waals surface area contributed by atoms with Crippen LogP contribution in [0.15, 0.2) is 42.5 Å². The maximum atomic E-state index is 10.8. The molecule has 0 aliphatic heterocycles. The van der Waals surface area contributed by atoms with Crippen molar-refractivity contribution < 1.29 is 14.4 Å². The van der Waals surface area contributed by atoms with Crippen LogP contribution in [-0.4, -0.2) is 12.0 Å². The number of nitro groups is 1. The largest absolute Gasteiger partial charge is 0.493 e. The molecule has 21 heavy (non-hydrogen) atoms. The molecule has 0 spiro atoms. The summed E-state index contributed by atoms with van der Waals surface area (Å²) in [5.41, 5.74) is 0.721. The standard InChI is InChI=1S/C15H12N2O4/c1-20-14-6-5-12(17(18)19)10-15(14)21-13-4-2-3-11(9-13)7-8-16/h2-6,9-10H,7H2,1H3. The van der Waals surface area contributed by atoms with E-state index in [1.54, 1.807) is 24.3 Å². The van der Waals surface area contributed by atoms with Gasteiger partial charge in [-0.1, -0.05) is 12.1 Å². The fraction of sp³-hybridized carbons (Fsp3) is 0.133. The molecule has 0 radical (unpaired) electrons. The lowest BCUT2D eigenvalue weighted by Gasteiger charge is -2.10. The zero-order chi connectivity index (χ0) is 15.2. The highest BCUT2D eigenvalue weighted by Gasteiger charge is 2.13. The first-order valence-electron chi connectivity index (χ1n) is 6.10. The highest BCUT2D eigenvalue weighted by molar-refractivity contribution is 5.50. The third kappa shape index (κ3) is 3.48. The molecule has 2 aromatic rings. The van der Waals surface area contributed by atoms with Gasteiger partial charge in [-0.2, -0.15) is 5.26 Å². The molecule has 0 heterocycles. The molecule has 0 fully saturated rings. The summed E-state index contributed by atoms with van der Waals surface area (Å²) in [6.45, 7) is 0. The molecule has 0 unspecified atom stereocenters. The lowest BCUT2D eigenvalue weighted by atomic mass is 10.1. The van der Waals surface area contributed by atoms with Gasteiger partial charge in [0.15, 0.2) is 11.5 Å². The van der Waals surface area contributed by atoms with Crippen molar-refractivity contribution in [2.75, 3.05) is 7.11 Å². The molecule has 0 bridgehead atoms. The van der Waals surface area contributed by atoms with E-state index in [1.807, 2.05) is 0 Å². The molecule has 0 N–H and O–H groups in total. The Balaban J connectivity index is 2.33. The molecule has 0 aromatic heterocycles. The Morgan fingerprint density at radius 1 is 1.24 bits per heavy atom. The molecule has 0 amide bonds. The van der Waals surface area contributed by atoms with E-state index in [1.165, 1.54) is 25.3 Å². The lowest BCUT2D eigenvalue weighted by molar-refractivity contribution is -0.384. The predicted octanol–water partition coefficient (Wildman–Crippen LogP) is 3.46. The highest BCUT2D eigenvalue weighted by Crippen LogP contribution is 2.34. The fourth-order valence-electron chi connectivity index (χ4n) is 1.80. The van der Waals surface area contributed by atoms with Crippen LogP contribution in [0.3, 0.4) is 0 Å². The van der Waals surface area contributed by atoms with E-state index < -0.39 is 4.92 Å². The Morgan fingerprint density at radius 3 is 2.71 bits per heavy atom. The average molecular weight is 284 g/mol. The Bertz CT molecular complexity index is 707. The highest BCUT2D eigenvalue weighted by atomic mass is 16.6. The summed E-state index contributed by atoms with van der Waals surface area (Å²) in [6, 6.07) is 13.2. The fourth-order valence-corrected chi connectivity index (χ4v) is 1.80. The van der Waals surface area contributed by atoms with E-state index in [2.05, 4.69) is 6.07 Å². The zero-order valence-electron chi connectivity index (χ0n) is 11.3. The van der Waals surface area contributed by atoms with E-state index in [4.69, 9.17) is 14.7 Å². The van der Waals surface area contributed by atoms with Crippen LogP contribution in [0.2, 0.25) is 0 Å². The number of nitriles is 1. The van der Waals surface area contributed by atoms with Crippen LogP contribution in [0, 0.1) is 21.4 Å². The van der Waals surface area contributed by atoms with Crippen molar-refractivity contribution in [1.82, 2.24) is 0 Å². The van der Waals surface area contributed by atoms with E-state index in [-0.39, 0.29) is 17.9 Å². The van der Waals surface area contributed by atoms with E-state index in [0.29, 0.717) is 11.5 Å². The van der Waals surface area contributed by atoms with Crippen molar-refractivity contribution in [2.45, 2.75) is 6.42 Å². The van der Waals surface area contributed by atoms with Crippen molar-refractivity contribution in [1.29, 1.82) is 5.26 Å². The summed E-state index contributed by atoms with van der Waals surface area (Å²) in [6.07, 6.45) is 0.267. The number of hydrogen-bond acceptors (Lipinski definition) is 5. The molecule has 6 nitrogen and oxygen atoms in total. The second-order valence-electron chi connectivity index (χ2n) is 4.18. The van der Waals surface area contributed by atoms with Gasteiger partial charge in [-0.15, -0.1) is 0 Å². The maximum absolute atomic E-state index is 10.8. The van der Waals surface area contributed by atoms with Crippen molar-refractivity contribution in [2.24, 2.45) is 0 Å². The summed E-state index contributed by atoms with van der Waals surface area (Å²) in [5.74, 6) is 1.13. The van der Waals surface area contributed by atoms with Gasteiger partial charge in [-0.3, -0.25) is 10.1 Å². The quantitative estimate of drug-likeness (QED) is 0.620. The summed E-state index contributed by atoms with van der Waals surface area (Å²) in [7, 11) is 1.46. The predicted molar refractivity (Wildman–Crippen MR) is 75.5 cm³/mol. The average Bonchev–Trinajstić information content (AvgIpc) is 2.48. The number of ether oxygens (including phenoxy) is 2. The number of rotatable bonds is 5. The number of non-ortho nitro benzene ring substituents is 1. The van der Waals surface area contributed by atoms with Gasteiger partial charge in [0.25, 0.3) is 5.69 Å². The molecule has 0 saturated carbocycles. The summed E-state index contributed by atoms with van der Waals surface area (Å²) >= 11 is 0. The minimum atomic E-state index is -0.502. The van der Waals surface area contributed by atoms with Gasteiger partial charge in [0.2, 0.25) is 0 Å². The second kappa shape index (κ2) is 6.39. The van der Waals surface area contributed by atoms with Gasteiger partial charge in [0.05, 0.1) is 30.6 Å². The molecular formula is C15H12N2O4. The third-order valence-corrected chi connectivity index (χ3v) is 2.77. The molecule has 6 heteroatoms. The van der Waals surface area contributed by atoms with Crippen molar-refractivity contribution in [3.63, 3.8) is 0 Å². The van der Waals surface area contributed by atoms with Gasteiger partial charge >= 0.3 is 0 Å². The van der Waals surface area contributed by atoms with Crippen LogP contribution >= 0.6 is 0 Å². The van der Waals surface area contributed by atoms with Gasteiger partial charge in [0.1, 0.15) is 5.75 Å². The smallest absolute Gasteiger partial charge is 0.273 e. The minimum Gasteiger partial charge on any atom is -0.493 e. The molecule has 0 aliphatic carbocycles. The molecule has 2 aromatic carbocycles. The first-order valence-corrected chi connectivity index (χ1v) is 6.10. The SMILES string of the molecule is COc1ccc([N+](=O)[O-])cc1Oc1cccc(CC#N)c1. The van der Waals surface area contributed by atoms with Crippen LogP contribution < -0.4 is 9.47 Å². The first-order chi connectivity index (χ1) is 10.1. The van der Waals surface area contributed by atoms with E-state index in [9.17, 15) is 10.1 Å². The van der Waals surface area contributed by atoms with Crippen LogP contribution in [-0.2, 0) is 6.42 Å². The number of benzene rings is 2. The Kier molecular flexibility index (Phi) is 4.36. The number of hydrogen-bond donors (Lipinski definition) is 0. The van der Waals surface area contributed by atoms with Gasteiger partial charge < -0.3 is 9.47 Å². The summed E-state index contributed by atoms with van der Waals surface area (Å²) < 4.78 is 10.8. The summed E-state index contributed by atoms with van der Waals surface area (Å²) in [4.78, 5) is 10.3. The van der Waals surface area contributed by atoms with Crippen molar-refractivity contribution in [3.8, 4) is 23.3 Å². The van der Waals surface area contributed by atoms with Crippen LogP contribution in [0.1, 0.15) is 5.56 Å². The molecule has 2 rings (SSSR count). The van der Waals surface area contributed by atoms with Gasteiger partial charge in [0, 0.05) is 6.07 Å². The monoisotopic (exact) mass is 284 g/mol. The molecule has 0 atom stereocenters. The second-order valence-corrected chi connectivity index (χ2v) is 4.18. The Morgan fingerprint density at radius 2 is 2.05 bits per heavy atom. The summed E-state index contributed by atoms with van der Waals surface area (Å²) in [5, 5.41) is 19.5. The molecule has 106 valence electrons. The third-order valence-electron chi connectivity index (χ3n) is 2.77. The van der Waals surface area contributed by atoms with E-state index >= 15 is 0 Å². The topological polar surface area (TPSA) is 85.4 Å². The Labute approximate surface area is 121 Å². The number of nitro benzene ring substituents is 1. The Hall–Kier alpha value is -3.07. The number of nitrogens with zero attached hydrogens (tertiary/aromatic N) is 2. The van der Waals surface area contributed by atoms with Gasteiger partial charge in [-0.05, 0) is 23.8 Å². The number of methoxy groups -OCH3 is 1. The van der Waals surface area contributed by atoms with Crippen molar-refractivity contribution in [3.05, 3.63) is 58.1 Å². The molecule has 0 saturated heterocycles.